The molecule has 0 atom stereocenters. The second-order valence-corrected chi connectivity index (χ2v) is 4.66. The van der Waals surface area contributed by atoms with E-state index in [-0.39, 0.29) is 5.91 Å². The molecule has 0 spiro atoms. The van der Waals surface area contributed by atoms with Gasteiger partial charge in [-0.1, -0.05) is 12.1 Å². The summed E-state index contributed by atoms with van der Waals surface area (Å²) in [5, 5.41) is 2.94. The van der Waals surface area contributed by atoms with E-state index in [1.807, 2.05) is 51.1 Å². The molecule has 0 unspecified atom stereocenters. The lowest BCUT2D eigenvalue weighted by molar-refractivity contribution is 0.102. The van der Waals surface area contributed by atoms with Gasteiger partial charge < -0.3 is 10.1 Å². The van der Waals surface area contributed by atoms with Crippen LogP contribution in [0.4, 0.5) is 5.69 Å². The third-order valence-corrected chi connectivity index (χ3v) is 3.28. The number of hydrogen-bond donors (Lipinski definition) is 1. The quantitative estimate of drug-likeness (QED) is 0.912. The largest absolute Gasteiger partial charge is 0.494 e. The summed E-state index contributed by atoms with van der Waals surface area (Å²) in [4.78, 5) is 12.2. The first-order valence-electron chi connectivity index (χ1n) is 6.72. The van der Waals surface area contributed by atoms with E-state index >= 15 is 0 Å². The van der Waals surface area contributed by atoms with Crippen LogP contribution in [0.2, 0.25) is 0 Å². The molecule has 104 valence electrons. The van der Waals surface area contributed by atoms with Gasteiger partial charge >= 0.3 is 0 Å². The number of anilines is 1. The molecular formula is C17H19NO2. The van der Waals surface area contributed by atoms with Gasteiger partial charge in [0.1, 0.15) is 5.75 Å². The molecule has 2 rings (SSSR count). The third kappa shape index (κ3) is 3.18. The summed E-state index contributed by atoms with van der Waals surface area (Å²) in [6, 6.07) is 13.0. The molecule has 3 heteroatoms. The number of rotatable bonds is 4. The number of nitrogens with one attached hydrogen (secondary N) is 1. The maximum Gasteiger partial charge on any atom is 0.255 e. The zero-order chi connectivity index (χ0) is 14.5. The second kappa shape index (κ2) is 6.24. The highest BCUT2D eigenvalue weighted by molar-refractivity contribution is 6.04. The summed E-state index contributed by atoms with van der Waals surface area (Å²) in [5.41, 5.74) is 3.72. The van der Waals surface area contributed by atoms with E-state index in [2.05, 4.69) is 5.32 Å². The van der Waals surface area contributed by atoms with Crippen LogP contribution < -0.4 is 10.1 Å². The number of ether oxygens (including phenoxy) is 1. The van der Waals surface area contributed by atoms with Gasteiger partial charge in [-0.15, -0.1) is 0 Å². The minimum absolute atomic E-state index is 0.109. The average Bonchev–Trinajstić information content (AvgIpc) is 2.45. The fraction of sp³-hybridized carbons (Fsp3) is 0.235. The van der Waals surface area contributed by atoms with Gasteiger partial charge in [0, 0.05) is 11.3 Å². The van der Waals surface area contributed by atoms with E-state index in [0.29, 0.717) is 12.2 Å². The Labute approximate surface area is 119 Å². The highest BCUT2D eigenvalue weighted by Gasteiger charge is 2.08. The van der Waals surface area contributed by atoms with Gasteiger partial charge in [0.05, 0.1) is 6.61 Å². The first-order valence-corrected chi connectivity index (χ1v) is 6.72. The van der Waals surface area contributed by atoms with Crippen molar-refractivity contribution in [3.8, 4) is 5.75 Å². The second-order valence-electron chi connectivity index (χ2n) is 4.66. The van der Waals surface area contributed by atoms with Crippen molar-refractivity contribution in [3.05, 3.63) is 59.2 Å². The molecule has 0 aliphatic carbocycles. The highest BCUT2D eigenvalue weighted by Crippen LogP contribution is 2.19. The minimum Gasteiger partial charge on any atom is -0.494 e. The Kier molecular flexibility index (Phi) is 4.41. The van der Waals surface area contributed by atoms with E-state index in [0.717, 1.165) is 22.6 Å². The number of benzene rings is 2. The molecule has 0 heterocycles. The topological polar surface area (TPSA) is 38.3 Å². The van der Waals surface area contributed by atoms with E-state index < -0.39 is 0 Å². The van der Waals surface area contributed by atoms with Crippen molar-refractivity contribution in [1.82, 2.24) is 0 Å². The van der Waals surface area contributed by atoms with Gasteiger partial charge in [-0.05, 0) is 62.2 Å². The standard InChI is InChI=1S/C17H19NO2/c1-4-20-15-10-8-14(9-11-15)17(19)18-16-7-5-6-12(2)13(16)3/h5-11H,4H2,1-3H3,(H,18,19). The molecule has 0 saturated heterocycles. The van der Waals surface area contributed by atoms with Crippen LogP contribution >= 0.6 is 0 Å². The first kappa shape index (κ1) is 14.1. The van der Waals surface area contributed by atoms with E-state index in [1.165, 1.54) is 0 Å². The summed E-state index contributed by atoms with van der Waals surface area (Å²) >= 11 is 0. The number of carbonyl (C=O) groups excluding carboxylic acids is 1. The fourth-order valence-electron chi connectivity index (χ4n) is 1.95. The number of amides is 1. The van der Waals surface area contributed by atoms with Crippen LogP contribution in [-0.4, -0.2) is 12.5 Å². The summed E-state index contributed by atoms with van der Waals surface area (Å²) in [5.74, 6) is 0.664. The van der Waals surface area contributed by atoms with Crippen LogP contribution in [-0.2, 0) is 0 Å². The predicted molar refractivity (Wildman–Crippen MR) is 81.5 cm³/mol. The predicted octanol–water partition coefficient (Wildman–Crippen LogP) is 3.95. The Hall–Kier alpha value is -2.29. The summed E-state index contributed by atoms with van der Waals surface area (Å²) in [7, 11) is 0. The molecule has 0 fully saturated rings. The van der Waals surface area contributed by atoms with Gasteiger partial charge in [0.25, 0.3) is 5.91 Å². The van der Waals surface area contributed by atoms with E-state index in [1.54, 1.807) is 12.1 Å². The molecule has 2 aromatic rings. The molecule has 0 radical (unpaired) electrons. The van der Waals surface area contributed by atoms with Crippen molar-refractivity contribution in [2.75, 3.05) is 11.9 Å². The van der Waals surface area contributed by atoms with Crippen molar-refractivity contribution in [1.29, 1.82) is 0 Å². The molecule has 20 heavy (non-hydrogen) atoms. The zero-order valence-corrected chi connectivity index (χ0v) is 12.1. The Balaban J connectivity index is 2.13. The summed E-state index contributed by atoms with van der Waals surface area (Å²) < 4.78 is 5.36. The number of carbonyl (C=O) groups is 1. The molecule has 0 aliphatic rings. The first-order chi connectivity index (χ1) is 9.61. The van der Waals surface area contributed by atoms with Gasteiger partial charge in [-0.3, -0.25) is 4.79 Å². The lowest BCUT2D eigenvalue weighted by Crippen LogP contribution is -2.13. The number of aryl methyl sites for hydroxylation is 1. The van der Waals surface area contributed by atoms with Gasteiger partial charge in [0.15, 0.2) is 0 Å². The fourth-order valence-corrected chi connectivity index (χ4v) is 1.95. The molecule has 1 N–H and O–H groups in total. The molecule has 1 amide bonds. The monoisotopic (exact) mass is 269 g/mol. The Morgan fingerprint density at radius 2 is 1.80 bits per heavy atom. The van der Waals surface area contributed by atoms with Crippen LogP contribution in [0.3, 0.4) is 0 Å². The maximum absolute atomic E-state index is 12.2. The summed E-state index contributed by atoms with van der Waals surface area (Å²) in [6.07, 6.45) is 0. The van der Waals surface area contributed by atoms with Crippen molar-refractivity contribution in [3.63, 3.8) is 0 Å². The van der Waals surface area contributed by atoms with E-state index in [9.17, 15) is 4.79 Å². The Morgan fingerprint density at radius 3 is 2.45 bits per heavy atom. The van der Waals surface area contributed by atoms with Gasteiger partial charge in [-0.2, -0.15) is 0 Å². The number of hydrogen-bond acceptors (Lipinski definition) is 2. The Morgan fingerprint density at radius 1 is 1.10 bits per heavy atom. The molecule has 0 saturated carbocycles. The van der Waals surface area contributed by atoms with Crippen LogP contribution in [0.1, 0.15) is 28.4 Å². The highest BCUT2D eigenvalue weighted by atomic mass is 16.5. The maximum atomic E-state index is 12.2. The van der Waals surface area contributed by atoms with Crippen LogP contribution in [0.15, 0.2) is 42.5 Å². The molecular weight excluding hydrogens is 250 g/mol. The van der Waals surface area contributed by atoms with Crippen molar-refractivity contribution in [2.45, 2.75) is 20.8 Å². The van der Waals surface area contributed by atoms with Crippen LogP contribution in [0.25, 0.3) is 0 Å². The van der Waals surface area contributed by atoms with Crippen molar-refractivity contribution in [2.24, 2.45) is 0 Å². The SMILES string of the molecule is CCOc1ccc(C(=O)Nc2cccc(C)c2C)cc1. The third-order valence-electron chi connectivity index (χ3n) is 3.28. The van der Waals surface area contributed by atoms with E-state index in [4.69, 9.17) is 4.74 Å². The smallest absolute Gasteiger partial charge is 0.255 e. The Bertz CT molecular complexity index is 603. The van der Waals surface area contributed by atoms with Crippen LogP contribution in [0, 0.1) is 13.8 Å². The molecule has 3 nitrogen and oxygen atoms in total. The average molecular weight is 269 g/mol. The lowest BCUT2D eigenvalue weighted by atomic mass is 10.1. The van der Waals surface area contributed by atoms with Crippen molar-refractivity contribution >= 4 is 11.6 Å². The zero-order valence-electron chi connectivity index (χ0n) is 12.1. The lowest BCUT2D eigenvalue weighted by Gasteiger charge is -2.10. The minimum atomic E-state index is -0.109. The summed E-state index contributed by atoms with van der Waals surface area (Å²) in [6.45, 7) is 6.58. The molecule has 0 aliphatic heterocycles. The van der Waals surface area contributed by atoms with Crippen molar-refractivity contribution < 1.29 is 9.53 Å². The molecule has 0 aromatic heterocycles. The normalized spacial score (nSPS) is 10.2. The molecule has 0 bridgehead atoms. The van der Waals surface area contributed by atoms with Gasteiger partial charge in [-0.25, -0.2) is 0 Å². The molecule has 2 aromatic carbocycles. The van der Waals surface area contributed by atoms with Gasteiger partial charge in [0.2, 0.25) is 0 Å². The van der Waals surface area contributed by atoms with Crippen LogP contribution in [0.5, 0.6) is 5.75 Å².